The third kappa shape index (κ3) is 3.75. The summed E-state index contributed by atoms with van der Waals surface area (Å²) in [6.45, 7) is 1.94. The van der Waals surface area contributed by atoms with Gasteiger partial charge in [0.2, 0.25) is 5.91 Å². The fraction of sp³-hybridized carbons (Fsp3) is 0.500. The third-order valence-corrected chi connectivity index (χ3v) is 5.12. The molecule has 0 aromatic heterocycles. The maximum atomic E-state index is 14.5. The zero-order valence-electron chi connectivity index (χ0n) is 13.2. The second-order valence-corrected chi connectivity index (χ2v) is 7.08. The van der Waals surface area contributed by atoms with E-state index in [1.54, 1.807) is 12.1 Å². The zero-order chi connectivity index (χ0) is 17.1. The molecular formula is C16H20FN3O3S. The molecule has 6 nitrogen and oxygen atoms in total. The quantitative estimate of drug-likeness (QED) is 0.876. The molecule has 2 amide bonds. The normalized spacial score (nSPS) is 21.0. The van der Waals surface area contributed by atoms with E-state index < -0.39 is 18.1 Å². The Balaban J connectivity index is 1.69. The minimum absolute atomic E-state index is 0.159. The van der Waals surface area contributed by atoms with Crippen molar-refractivity contribution in [2.45, 2.75) is 18.9 Å². The molecule has 8 heteroatoms. The third-order valence-electron chi connectivity index (χ3n) is 4.18. The van der Waals surface area contributed by atoms with Crippen LogP contribution >= 0.6 is 11.8 Å². The molecule has 2 fully saturated rings. The average molecular weight is 353 g/mol. The molecule has 1 aromatic rings. The van der Waals surface area contributed by atoms with Crippen molar-refractivity contribution in [1.29, 1.82) is 0 Å². The molecule has 1 unspecified atom stereocenters. The minimum atomic E-state index is -0.522. The molecule has 2 heterocycles. The summed E-state index contributed by atoms with van der Waals surface area (Å²) in [5.74, 6) is 1.20. The first-order chi connectivity index (χ1) is 11.5. The zero-order valence-corrected chi connectivity index (χ0v) is 14.1. The van der Waals surface area contributed by atoms with Gasteiger partial charge in [0, 0.05) is 31.0 Å². The van der Waals surface area contributed by atoms with Gasteiger partial charge in [0.25, 0.3) is 0 Å². The number of primary amides is 1. The van der Waals surface area contributed by atoms with Crippen LogP contribution in [-0.4, -0.2) is 49.2 Å². The summed E-state index contributed by atoms with van der Waals surface area (Å²) in [7, 11) is 0. The summed E-state index contributed by atoms with van der Waals surface area (Å²) < 4.78 is 19.7. The lowest BCUT2D eigenvalue weighted by Gasteiger charge is -2.29. The topological polar surface area (TPSA) is 75.9 Å². The van der Waals surface area contributed by atoms with Crippen LogP contribution in [0.3, 0.4) is 0 Å². The van der Waals surface area contributed by atoms with Crippen LogP contribution < -0.4 is 15.5 Å². The molecule has 2 N–H and O–H groups in total. The fourth-order valence-corrected chi connectivity index (χ4v) is 3.81. The van der Waals surface area contributed by atoms with Gasteiger partial charge in [0.1, 0.15) is 11.9 Å². The highest BCUT2D eigenvalue weighted by atomic mass is 32.2. The lowest BCUT2D eigenvalue weighted by Crippen LogP contribution is -2.33. The lowest BCUT2D eigenvalue weighted by molar-refractivity contribution is -0.118. The summed E-state index contributed by atoms with van der Waals surface area (Å²) in [5, 5.41) is 0. The van der Waals surface area contributed by atoms with Crippen molar-refractivity contribution in [2.75, 3.05) is 40.9 Å². The van der Waals surface area contributed by atoms with E-state index in [1.807, 2.05) is 16.7 Å². The number of nitrogens with zero attached hydrogens (tertiary/aromatic N) is 2. The van der Waals surface area contributed by atoms with Gasteiger partial charge in [-0.2, -0.15) is 11.8 Å². The predicted molar refractivity (Wildman–Crippen MR) is 92.0 cm³/mol. The number of thioether (sulfide) groups is 1. The Morgan fingerprint density at radius 1 is 1.38 bits per heavy atom. The van der Waals surface area contributed by atoms with Crippen LogP contribution in [0.2, 0.25) is 0 Å². The molecule has 2 aliphatic rings. The van der Waals surface area contributed by atoms with Crippen LogP contribution in [0.25, 0.3) is 0 Å². The summed E-state index contributed by atoms with van der Waals surface area (Å²) in [6, 6.07) is 4.82. The van der Waals surface area contributed by atoms with E-state index >= 15 is 0 Å². The molecule has 1 atom stereocenters. The van der Waals surface area contributed by atoms with E-state index in [1.165, 1.54) is 11.0 Å². The number of nitrogens with two attached hydrogens (primary N) is 1. The molecule has 3 rings (SSSR count). The first-order valence-corrected chi connectivity index (χ1v) is 9.09. The van der Waals surface area contributed by atoms with Gasteiger partial charge in [0.15, 0.2) is 0 Å². The molecular weight excluding hydrogens is 333 g/mol. The van der Waals surface area contributed by atoms with E-state index in [0.29, 0.717) is 24.3 Å². The van der Waals surface area contributed by atoms with Gasteiger partial charge in [-0.1, -0.05) is 0 Å². The minimum Gasteiger partial charge on any atom is -0.444 e. The first kappa shape index (κ1) is 16.9. The second-order valence-electron chi connectivity index (χ2n) is 5.86. The van der Waals surface area contributed by atoms with Gasteiger partial charge in [-0.15, -0.1) is 0 Å². The van der Waals surface area contributed by atoms with Crippen molar-refractivity contribution in [3.8, 4) is 0 Å². The van der Waals surface area contributed by atoms with Crippen LogP contribution in [0.5, 0.6) is 0 Å². The van der Waals surface area contributed by atoms with E-state index in [0.717, 1.165) is 24.6 Å². The number of hydrogen-bond acceptors (Lipinski definition) is 5. The maximum absolute atomic E-state index is 14.5. The molecule has 0 radical (unpaired) electrons. The van der Waals surface area contributed by atoms with Crippen molar-refractivity contribution in [1.82, 2.24) is 0 Å². The van der Waals surface area contributed by atoms with E-state index in [-0.39, 0.29) is 12.2 Å². The molecule has 0 saturated carbocycles. The van der Waals surface area contributed by atoms with E-state index in [4.69, 9.17) is 10.5 Å². The van der Waals surface area contributed by atoms with Gasteiger partial charge >= 0.3 is 6.09 Å². The molecule has 1 aromatic carbocycles. The van der Waals surface area contributed by atoms with Crippen molar-refractivity contribution < 1.29 is 18.7 Å². The SMILES string of the molecule is NC(=O)CCC1CN(c2ccc(N3CCSCC3)c(F)c2)C(=O)O1. The molecule has 24 heavy (non-hydrogen) atoms. The maximum Gasteiger partial charge on any atom is 0.414 e. The molecule has 2 saturated heterocycles. The Kier molecular flexibility index (Phi) is 5.13. The van der Waals surface area contributed by atoms with Crippen LogP contribution in [0.15, 0.2) is 18.2 Å². The number of hydrogen-bond donors (Lipinski definition) is 1. The number of halogens is 1. The summed E-state index contributed by atoms with van der Waals surface area (Å²) in [6.07, 6.45) is -0.381. The first-order valence-electron chi connectivity index (χ1n) is 7.93. The van der Waals surface area contributed by atoms with Crippen LogP contribution in [0.1, 0.15) is 12.8 Å². The monoisotopic (exact) mass is 353 g/mol. The summed E-state index contributed by atoms with van der Waals surface area (Å²) >= 11 is 1.86. The number of ether oxygens (including phenoxy) is 1. The largest absolute Gasteiger partial charge is 0.444 e. The number of anilines is 2. The Labute approximate surface area is 144 Å². The smallest absolute Gasteiger partial charge is 0.414 e. The number of carbonyl (C=O) groups is 2. The summed E-state index contributed by atoms with van der Waals surface area (Å²) in [4.78, 5) is 26.2. The highest BCUT2D eigenvalue weighted by molar-refractivity contribution is 7.99. The fourth-order valence-electron chi connectivity index (χ4n) is 2.91. The number of carbonyl (C=O) groups excluding carboxylic acids is 2. The Bertz CT molecular complexity index is 637. The molecule has 0 spiro atoms. The lowest BCUT2D eigenvalue weighted by atomic mass is 10.2. The van der Waals surface area contributed by atoms with Gasteiger partial charge in [-0.05, 0) is 24.6 Å². The second kappa shape index (κ2) is 7.29. The Morgan fingerprint density at radius 2 is 2.12 bits per heavy atom. The molecule has 2 aliphatic heterocycles. The van der Waals surface area contributed by atoms with Gasteiger partial charge < -0.3 is 15.4 Å². The summed E-state index contributed by atoms with van der Waals surface area (Å²) in [5.41, 5.74) is 6.14. The van der Waals surface area contributed by atoms with Gasteiger partial charge in [-0.25, -0.2) is 9.18 Å². The average Bonchev–Trinajstić information content (AvgIpc) is 2.94. The predicted octanol–water partition coefficient (Wildman–Crippen LogP) is 1.97. The van der Waals surface area contributed by atoms with Gasteiger partial charge in [-0.3, -0.25) is 9.69 Å². The van der Waals surface area contributed by atoms with Crippen LogP contribution in [0.4, 0.5) is 20.6 Å². The Hall–Kier alpha value is -1.96. The Morgan fingerprint density at radius 3 is 2.79 bits per heavy atom. The molecule has 0 bridgehead atoms. The molecule has 130 valence electrons. The van der Waals surface area contributed by atoms with Gasteiger partial charge in [0.05, 0.1) is 17.9 Å². The standard InChI is InChI=1S/C16H20FN3O3S/c17-13-9-11(1-3-14(13)19-5-7-24-8-6-19)20-10-12(23-16(20)22)2-4-15(18)21/h1,3,9,12H,2,4-8,10H2,(H2,18,21). The van der Waals surface area contributed by atoms with Crippen molar-refractivity contribution in [2.24, 2.45) is 5.73 Å². The highest BCUT2D eigenvalue weighted by Crippen LogP contribution is 2.29. The van der Waals surface area contributed by atoms with Crippen LogP contribution in [0, 0.1) is 5.82 Å². The van der Waals surface area contributed by atoms with Crippen molar-refractivity contribution >= 4 is 35.1 Å². The van der Waals surface area contributed by atoms with Crippen LogP contribution in [-0.2, 0) is 9.53 Å². The number of amides is 2. The van der Waals surface area contributed by atoms with E-state index in [2.05, 4.69) is 0 Å². The number of benzene rings is 1. The highest BCUT2D eigenvalue weighted by Gasteiger charge is 2.32. The number of cyclic esters (lactones) is 1. The number of rotatable bonds is 5. The molecule has 0 aliphatic carbocycles. The van der Waals surface area contributed by atoms with E-state index in [9.17, 15) is 14.0 Å². The van der Waals surface area contributed by atoms with Crippen molar-refractivity contribution in [3.05, 3.63) is 24.0 Å². The van der Waals surface area contributed by atoms with Crippen molar-refractivity contribution in [3.63, 3.8) is 0 Å².